The lowest BCUT2D eigenvalue weighted by Crippen LogP contribution is -2.28. The van der Waals surface area contributed by atoms with Gasteiger partial charge in [0.1, 0.15) is 0 Å². The van der Waals surface area contributed by atoms with Gasteiger partial charge < -0.3 is 0 Å². The molecule has 0 nitrogen and oxygen atoms in total. The molecular weight excluding hydrogens is 372 g/mol. The van der Waals surface area contributed by atoms with E-state index in [4.69, 9.17) is 0 Å². The van der Waals surface area contributed by atoms with Gasteiger partial charge in [0.05, 0.1) is 0 Å². The van der Waals surface area contributed by atoms with E-state index in [1.165, 1.54) is 33.4 Å². The highest BCUT2D eigenvalue weighted by Crippen LogP contribution is 2.44. The number of rotatable bonds is 3. The summed E-state index contributed by atoms with van der Waals surface area (Å²) in [7, 11) is 0. The molecule has 0 aliphatic heterocycles. The van der Waals surface area contributed by atoms with Crippen LogP contribution in [0.3, 0.4) is 0 Å². The van der Waals surface area contributed by atoms with E-state index in [-0.39, 0.29) is 21.7 Å². The summed E-state index contributed by atoms with van der Waals surface area (Å²) < 4.78 is 0. The van der Waals surface area contributed by atoms with Crippen LogP contribution in [0.5, 0.6) is 0 Å². The largest absolute Gasteiger partial charge is 0.0645 e. The lowest BCUT2D eigenvalue weighted by atomic mass is 9.67. The highest BCUT2D eigenvalue weighted by molar-refractivity contribution is 5.51. The highest BCUT2D eigenvalue weighted by atomic mass is 14.4. The second kappa shape index (κ2) is 8.42. The van der Waals surface area contributed by atoms with Gasteiger partial charge >= 0.3 is 0 Å². The molecule has 0 aliphatic rings. The van der Waals surface area contributed by atoms with Gasteiger partial charge in [-0.05, 0) is 61.5 Å². The van der Waals surface area contributed by atoms with Crippen LogP contribution in [0.2, 0.25) is 0 Å². The summed E-state index contributed by atoms with van der Waals surface area (Å²) in [6.07, 6.45) is 1.11. The van der Waals surface area contributed by atoms with Gasteiger partial charge in [0.15, 0.2) is 0 Å². The summed E-state index contributed by atoms with van der Waals surface area (Å²) in [5.41, 5.74) is 9.36. The molecule has 0 saturated heterocycles. The van der Waals surface area contributed by atoms with Gasteiger partial charge in [0.25, 0.3) is 0 Å². The van der Waals surface area contributed by atoms with E-state index in [9.17, 15) is 0 Å². The Balaban J connectivity index is 2.78. The van der Waals surface area contributed by atoms with Gasteiger partial charge in [0, 0.05) is 5.92 Å². The zero-order chi connectivity index (χ0) is 24.0. The smallest absolute Gasteiger partial charge is 0.00869 e. The minimum Gasteiger partial charge on any atom is -0.0645 e. The zero-order valence-corrected chi connectivity index (χ0v) is 22.7. The van der Waals surface area contributed by atoms with Gasteiger partial charge in [-0.15, -0.1) is 0 Å². The van der Waals surface area contributed by atoms with Crippen LogP contribution in [0.4, 0.5) is 0 Å². The highest BCUT2D eigenvalue weighted by Gasteiger charge is 2.33. The van der Waals surface area contributed by atoms with Crippen molar-refractivity contribution in [1.82, 2.24) is 0 Å². The van der Waals surface area contributed by atoms with E-state index < -0.39 is 0 Å². The fourth-order valence-corrected chi connectivity index (χ4v) is 4.74. The van der Waals surface area contributed by atoms with Crippen molar-refractivity contribution < 1.29 is 0 Å². The predicted molar refractivity (Wildman–Crippen MR) is 140 cm³/mol. The van der Waals surface area contributed by atoms with Crippen molar-refractivity contribution in [1.29, 1.82) is 0 Å². The van der Waals surface area contributed by atoms with E-state index in [0.717, 1.165) is 6.42 Å². The minimum absolute atomic E-state index is 0.104. The third kappa shape index (κ3) is 5.82. The Morgan fingerprint density at radius 3 is 1.26 bits per heavy atom. The van der Waals surface area contributed by atoms with Crippen LogP contribution < -0.4 is 0 Å². The van der Waals surface area contributed by atoms with Crippen LogP contribution in [0.25, 0.3) is 0 Å². The molecule has 31 heavy (non-hydrogen) atoms. The molecule has 0 saturated carbocycles. The van der Waals surface area contributed by atoms with Crippen molar-refractivity contribution in [2.24, 2.45) is 0 Å². The molecule has 2 aromatic carbocycles. The van der Waals surface area contributed by atoms with E-state index in [0.29, 0.717) is 5.92 Å². The fourth-order valence-electron chi connectivity index (χ4n) is 4.74. The van der Waals surface area contributed by atoms with E-state index in [1.54, 1.807) is 0 Å². The fraction of sp³-hybridized carbons (Fsp3) is 0.613. The molecule has 0 amide bonds. The average molecular weight is 421 g/mol. The van der Waals surface area contributed by atoms with E-state index in [1.807, 2.05) is 0 Å². The molecule has 0 N–H and O–H groups in total. The third-order valence-corrected chi connectivity index (χ3v) is 6.52. The summed E-state index contributed by atoms with van der Waals surface area (Å²) >= 11 is 0. The van der Waals surface area contributed by atoms with Gasteiger partial charge in [-0.2, -0.15) is 0 Å². The topological polar surface area (TPSA) is 0 Å². The first-order chi connectivity index (χ1) is 13.9. The molecule has 0 heterocycles. The third-order valence-electron chi connectivity index (χ3n) is 6.52. The van der Waals surface area contributed by atoms with Crippen LogP contribution in [0.15, 0.2) is 36.4 Å². The predicted octanol–water partition coefficient (Wildman–Crippen LogP) is 9.42. The first-order valence-electron chi connectivity index (χ1n) is 12.2. The summed E-state index contributed by atoms with van der Waals surface area (Å²) in [6, 6.07) is 14.4. The Kier molecular flexibility index (Phi) is 6.98. The summed E-state index contributed by atoms with van der Waals surface area (Å²) in [5.74, 6) is 0.422. The number of benzene rings is 2. The molecular formula is C31H48. The van der Waals surface area contributed by atoms with Gasteiger partial charge in [-0.3, -0.25) is 0 Å². The number of hydrogen-bond donors (Lipinski definition) is 0. The minimum atomic E-state index is 0.104. The maximum Gasteiger partial charge on any atom is 0.00869 e. The van der Waals surface area contributed by atoms with Crippen molar-refractivity contribution in [2.45, 2.75) is 124 Å². The Labute approximate surface area is 193 Å². The molecule has 1 unspecified atom stereocenters. The van der Waals surface area contributed by atoms with Crippen molar-refractivity contribution in [3.05, 3.63) is 69.8 Å². The van der Waals surface area contributed by atoms with E-state index in [2.05, 4.69) is 126 Å². The maximum absolute atomic E-state index is 2.53. The maximum atomic E-state index is 2.53. The first-order valence-corrected chi connectivity index (χ1v) is 12.2. The van der Waals surface area contributed by atoms with Gasteiger partial charge in [0.2, 0.25) is 0 Å². The lowest BCUT2D eigenvalue weighted by Gasteiger charge is -2.38. The van der Waals surface area contributed by atoms with Crippen molar-refractivity contribution >= 4 is 0 Å². The second-order valence-corrected chi connectivity index (χ2v) is 13.6. The molecule has 2 rings (SSSR count). The molecule has 2 aromatic rings. The normalized spacial score (nSPS) is 14.6. The van der Waals surface area contributed by atoms with Gasteiger partial charge in [-0.25, -0.2) is 0 Å². The first kappa shape index (κ1) is 25.7. The van der Waals surface area contributed by atoms with Crippen molar-refractivity contribution in [3.8, 4) is 0 Å². The lowest BCUT2D eigenvalue weighted by molar-refractivity contribution is 0.495. The second-order valence-electron chi connectivity index (χ2n) is 13.6. The Morgan fingerprint density at radius 1 is 0.548 bits per heavy atom. The van der Waals surface area contributed by atoms with Crippen LogP contribution in [-0.2, 0) is 21.7 Å². The van der Waals surface area contributed by atoms with Crippen LogP contribution in [0, 0.1) is 0 Å². The van der Waals surface area contributed by atoms with Crippen molar-refractivity contribution in [3.63, 3.8) is 0 Å². The molecule has 0 bridgehead atoms. The molecule has 0 fully saturated rings. The molecule has 172 valence electrons. The number of hydrogen-bond acceptors (Lipinski definition) is 0. The zero-order valence-electron chi connectivity index (χ0n) is 22.7. The molecule has 1 atom stereocenters. The van der Waals surface area contributed by atoms with E-state index >= 15 is 0 Å². The molecule has 0 radical (unpaired) electrons. The molecule has 0 heteroatoms. The van der Waals surface area contributed by atoms with Crippen molar-refractivity contribution in [2.75, 3.05) is 0 Å². The quantitative estimate of drug-likeness (QED) is 0.464. The SMILES string of the molecule is CCC(c1ccc(C(C)(C)C)cc1)c1cc(C(C)(C)C)c(C(C)(C)C)c(C(C)(C)C)c1. The Bertz CT molecular complexity index is 847. The van der Waals surface area contributed by atoms with Crippen LogP contribution in [-0.4, -0.2) is 0 Å². The Hall–Kier alpha value is -1.56. The average Bonchev–Trinajstić information content (AvgIpc) is 2.59. The Morgan fingerprint density at radius 2 is 0.968 bits per heavy atom. The van der Waals surface area contributed by atoms with Crippen LogP contribution >= 0.6 is 0 Å². The standard InChI is InChI=1S/C31H48/c1-14-24(21-15-17-23(18-16-21)28(2,3)4)22-19-25(29(5,6)7)27(31(11,12)13)26(20-22)30(8,9)10/h15-20,24H,14H2,1-13H3. The molecule has 0 spiro atoms. The summed E-state index contributed by atoms with van der Waals surface area (Å²) in [4.78, 5) is 0. The summed E-state index contributed by atoms with van der Waals surface area (Å²) in [6.45, 7) is 30.5. The van der Waals surface area contributed by atoms with Crippen LogP contribution in [0.1, 0.15) is 136 Å². The monoisotopic (exact) mass is 420 g/mol. The molecule has 0 aliphatic carbocycles. The molecule has 0 aromatic heterocycles. The summed E-state index contributed by atoms with van der Waals surface area (Å²) in [5, 5.41) is 0. The van der Waals surface area contributed by atoms with Gasteiger partial charge in [-0.1, -0.05) is 126 Å².